The van der Waals surface area contributed by atoms with Crippen LogP contribution in [0.3, 0.4) is 0 Å². The molecule has 0 saturated heterocycles. The van der Waals surface area contributed by atoms with Crippen LogP contribution in [0.5, 0.6) is 5.88 Å². The maximum Gasteiger partial charge on any atom is 0.341 e. The van der Waals surface area contributed by atoms with Crippen LogP contribution in [0.25, 0.3) is 22.2 Å². The minimum absolute atomic E-state index is 0.0182. The highest BCUT2D eigenvalue weighted by atomic mass is 16.5. The topological polar surface area (TPSA) is 96.1 Å². The molecule has 2 aromatic carbocycles. The first-order valence-electron chi connectivity index (χ1n) is 7.21. The number of benzene rings is 2. The highest BCUT2D eigenvalue weighted by Gasteiger charge is 2.16. The van der Waals surface area contributed by atoms with E-state index in [4.69, 9.17) is 9.84 Å². The Morgan fingerprint density at radius 2 is 1.96 bits per heavy atom. The first-order valence-corrected chi connectivity index (χ1v) is 7.21. The zero-order valence-electron chi connectivity index (χ0n) is 12.9. The number of carboxylic acid groups (broad SMARTS) is 1. The van der Waals surface area contributed by atoms with E-state index >= 15 is 0 Å². The van der Waals surface area contributed by atoms with Gasteiger partial charge in [-0.15, -0.1) is 0 Å². The predicted molar refractivity (Wildman–Crippen MR) is 87.6 cm³/mol. The third kappa shape index (κ3) is 2.88. The van der Waals surface area contributed by atoms with E-state index in [9.17, 15) is 10.1 Å². The van der Waals surface area contributed by atoms with E-state index in [1.165, 1.54) is 0 Å². The monoisotopic (exact) mass is 319 g/mol. The second-order valence-corrected chi connectivity index (χ2v) is 5.13. The van der Waals surface area contributed by atoms with E-state index in [1.54, 1.807) is 6.92 Å². The summed E-state index contributed by atoms with van der Waals surface area (Å²) in [6, 6.07) is 15.5. The van der Waals surface area contributed by atoms with Gasteiger partial charge in [0.2, 0.25) is 5.88 Å². The summed E-state index contributed by atoms with van der Waals surface area (Å²) in [5.74, 6) is -0.763. The summed E-state index contributed by atoms with van der Waals surface area (Å²) in [5, 5.41) is 20.0. The van der Waals surface area contributed by atoms with Gasteiger partial charge in [-0.25, -0.2) is 9.78 Å². The van der Waals surface area contributed by atoms with Gasteiger partial charge in [-0.1, -0.05) is 42.5 Å². The second kappa shape index (κ2) is 6.34. The molecule has 0 aliphatic rings. The fourth-order valence-corrected chi connectivity index (χ4v) is 2.45. The summed E-state index contributed by atoms with van der Waals surface area (Å²) in [6.45, 7) is 1.10. The van der Waals surface area contributed by atoms with Crippen molar-refractivity contribution in [2.45, 2.75) is 6.92 Å². The van der Waals surface area contributed by atoms with Gasteiger partial charge in [-0.05, 0) is 17.7 Å². The minimum Gasteiger partial charge on any atom is -0.479 e. The number of fused-ring (bicyclic) bond motifs is 1. The molecule has 0 atom stereocenters. The van der Waals surface area contributed by atoms with E-state index in [2.05, 4.69) is 9.97 Å². The van der Waals surface area contributed by atoms with E-state index in [0.717, 1.165) is 16.3 Å². The molecule has 0 unspecified atom stereocenters. The van der Waals surface area contributed by atoms with Crippen LogP contribution in [0.2, 0.25) is 0 Å². The molecule has 0 aliphatic carbocycles. The first-order chi connectivity index (χ1) is 11.6. The van der Waals surface area contributed by atoms with Crippen LogP contribution in [0.15, 0.2) is 42.5 Å². The SMILES string of the molecule is Cc1nc(-c2cccc3ccccc23)nc(OCC(=O)O)c1C#N. The zero-order valence-corrected chi connectivity index (χ0v) is 12.9. The third-order valence-electron chi connectivity index (χ3n) is 3.53. The molecule has 0 spiro atoms. The lowest BCUT2D eigenvalue weighted by Crippen LogP contribution is -2.12. The van der Waals surface area contributed by atoms with E-state index < -0.39 is 12.6 Å². The molecule has 3 aromatic rings. The first kappa shape index (κ1) is 15.4. The number of hydrogen-bond donors (Lipinski definition) is 1. The molecular formula is C18H13N3O3. The van der Waals surface area contributed by atoms with Gasteiger partial charge in [0.05, 0.1) is 5.69 Å². The number of aryl methyl sites for hydroxylation is 1. The molecule has 0 bridgehead atoms. The van der Waals surface area contributed by atoms with E-state index in [0.29, 0.717) is 11.5 Å². The number of carboxylic acids is 1. The maximum atomic E-state index is 10.7. The largest absolute Gasteiger partial charge is 0.479 e. The van der Waals surface area contributed by atoms with Crippen molar-refractivity contribution in [3.63, 3.8) is 0 Å². The fourth-order valence-electron chi connectivity index (χ4n) is 2.45. The Hall–Kier alpha value is -3.46. The Balaban J connectivity index is 2.17. The molecule has 118 valence electrons. The molecule has 0 fully saturated rings. The van der Waals surface area contributed by atoms with Crippen molar-refractivity contribution in [1.82, 2.24) is 9.97 Å². The molecule has 0 radical (unpaired) electrons. The van der Waals surface area contributed by atoms with Gasteiger partial charge in [0, 0.05) is 5.56 Å². The van der Waals surface area contributed by atoms with Gasteiger partial charge >= 0.3 is 5.97 Å². The number of aliphatic carboxylic acids is 1. The molecule has 1 N–H and O–H groups in total. The van der Waals surface area contributed by atoms with Crippen LogP contribution in [0.4, 0.5) is 0 Å². The van der Waals surface area contributed by atoms with Crippen molar-refractivity contribution < 1.29 is 14.6 Å². The highest BCUT2D eigenvalue weighted by Crippen LogP contribution is 2.29. The highest BCUT2D eigenvalue weighted by molar-refractivity contribution is 5.95. The maximum absolute atomic E-state index is 10.7. The van der Waals surface area contributed by atoms with Crippen LogP contribution < -0.4 is 4.74 Å². The average molecular weight is 319 g/mol. The summed E-state index contributed by atoms with van der Waals surface area (Å²) in [6.07, 6.45) is 0. The smallest absolute Gasteiger partial charge is 0.341 e. The molecular weight excluding hydrogens is 306 g/mol. The Kier molecular flexibility index (Phi) is 4.08. The van der Waals surface area contributed by atoms with Gasteiger partial charge in [0.1, 0.15) is 11.6 Å². The summed E-state index contributed by atoms with van der Waals surface area (Å²) in [4.78, 5) is 19.4. The Labute approximate surface area is 138 Å². The van der Waals surface area contributed by atoms with Gasteiger partial charge in [-0.3, -0.25) is 0 Å². The number of rotatable bonds is 4. The van der Waals surface area contributed by atoms with E-state index in [1.807, 2.05) is 48.5 Å². The molecule has 0 saturated carbocycles. The number of carbonyl (C=O) groups is 1. The van der Waals surface area contributed by atoms with Crippen LogP contribution in [0.1, 0.15) is 11.3 Å². The normalized spacial score (nSPS) is 10.3. The second-order valence-electron chi connectivity index (χ2n) is 5.13. The van der Waals surface area contributed by atoms with Crippen molar-refractivity contribution in [2.24, 2.45) is 0 Å². The number of hydrogen-bond acceptors (Lipinski definition) is 5. The Morgan fingerprint density at radius 3 is 2.71 bits per heavy atom. The Bertz CT molecular complexity index is 972. The molecule has 0 aliphatic heterocycles. The molecule has 3 rings (SSSR count). The molecule has 6 nitrogen and oxygen atoms in total. The lowest BCUT2D eigenvalue weighted by molar-refractivity contribution is -0.139. The van der Waals surface area contributed by atoms with Gasteiger partial charge in [0.25, 0.3) is 0 Å². The lowest BCUT2D eigenvalue weighted by Gasteiger charge is -2.10. The predicted octanol–water partition coefficient (Wildman–Crippen LogP) is 2.94. The molecule has 0 amide bonds. The number of nitriles is 1. The van der Waals surface area contributed by atoms with Crippen molar-refractivity contribution in [1.29, 1.82) is 5.26 Å². The Morgan fingerprint density at radius 1 is 1.21 bits per heavy atom. The van der Waals surface area contributed by atoms with Crippen molar-refractivity contribution >= 4 is 16.7 Å². The zero-order chi connectivity index (χ0) is 17.1. The van der Waals surface area contributed by atoms with Gasteiger partial charge in [0.15, 0.2) is 12.4 Å². The molecule has 24 heavy (non-hydrogen) atoms. The van der Waals surface area contributed by atoms with Gasteiger partial charge in [-0.2, -0.15) is 10.2 Å². The summed E-state index contributed by atoms with van der Waals surface area (Å²) in [7, 11) is 0. The molecule has 6 heteroatoms. The molecule has 1 aromatic heterocycles. The van der Waals surface area contributed by atoms with Crippen molar-refractivity contribution in [2.75, 3.05) is 6.61 Å². The van der Waals surface area contributed by atoms with Gasteiger partial charge < -0.3 is 9.84 Å². The van der Waals surface area contributed by atoms with Crippen LogP contribution >= 0.6 is 0 Å². The quantitative estimate of drug-likeness (QED) is 0.794. The third-order valence-corrected chi connectivity index (χ3v) is 3.53. The fraction of sp³-hybridized carbons (Fsp3) is 0.111. The van der Waals surface area contributed by atoms with Crippen LogP contribution in [-0.2, 0) is 4.79 Å². The van der Waals surface area contributed by atoms with Crippen molar-refractivity contribution in [3.8, 4) is 23.3 Å². The summed E-state index contributed by atoms with van der Waals surface area (Å²) >= 11 is 0. The number of aromatic nitrogens is 2. The van der Waals surface area contributed by atoms with Crippen LogP contribution in [0, 0.1) is 18.3 Å². The molecule has 1 heterocycles. The van der Waals surface area contributed by atoms with Crippen LogP contribution in [-0.4, -0.2) is 27.7 Å². The number of ether oxygens (including phenoxy) is 1. The van der Waals surface area contributed by atoms with Crippen molar-refractivity contribution in [3.05, 3.63) is 53.7 Å². The summed E-state index contributed by atoms with van der Waals surface area (Å²) < 4.78 is 5.17. The average Bonchev–Trinajstić information content (AvgIpc) is 2.59. The number of nitrogens with zero attached hydrogens (tertiary/aromatic N) is 3. The standard InChI is InChI=1S/C18H13N3O3/c1-11-15(9-19)18(24-10-16(22)23)21-17(20-11)14-8-4-6-12-5-2-3-7-13(12)14/h2-8H,10H2,1H3,(H,22,23). The summed E-state index contributed by atoms with van der Waals surface area (Å²) in [5.41, 5.74) is 1.37. The minimum atomic E-state index is -1.14. The lowest BCUT2D eigenvalue weighted by atomic mass is 10.0. The van der Waals surface area contributed by atoms with E-state index in [-0.39, 0.29) is 11.4 Å².